The number of nitrogens with one attached hydrogen (secondary N) is 2. The van der Waals surface area contributed by atoms with Gasteiger partial charge in [0.05, 0.1) is 11.1 Å². The number of fused-ring (bicyclic) bond motifs is 1. The number of H-pyrrole nitrogens is 1. The predicted octanol–water partition coefficient (Wildman–Crippen LogP) is 6.56. The number of aliphatic carboxylic acids is 1. The molecule has 1 aliphatic rings. The molecule has 1 aliphatic heterocycles. The lowest BCUT2D eigenvalue weighted by atomic mass is 10.1. The van der Waals surface area contributed by atoms with Crippen LogP contribution < -0.4 is 10.7 Å². The predicted molar refractivity (Wildman–Crippen MR) is 176 cm³/mol. The zero-order chi connectivity index (χ0) is 33.4. The first kappa shape index (κ1) is 37.8. The smallest absolute Gasteiger partial charge is 0.408 e. The van der Waals surface area contributed by atoms with Gasteiger partial charge in [-0.15, -0.1) is 0 Å². The average molecular weight is 611 g/mol. The summed E-state index contributed by atoms with van der Waals surface area (Å²) >= 11 is 0. The molecule has 0 bridgehead atoms. The summed E-state index contributed by atoms with van der Waals surface area (Å²) in [7, 11) is 0. The average Bonchev–Trinajstić information content (AvgIpc) is 3.42. The van der Waals surface area contributed by atoms with Gasteiger partial charge >= 0.3 is 12.1 Å². The van der Waals surface area contributed by atoms with Gasteiger partial charge in [-0.3, -0.25) is 9.59 Å². The summed E-state index contributed by atoms with van der Waals surface area (Å²) in [6.07, 6.45) is 1.68. The second-order valence-corrected chi connectivity index (χ2v) is 12.1. The molecular formula is C34H50N4O6. The fourth-order valence-corrected chi connectivity index (χ4v) is 3.88. The van der Waals surface area contributed by atoms with E-state index in [1.54, 1.807) is 26.8 Å². The van der Waals surface area contributed by atoms with Gasteiger partial charge in [0.2, 0.25) is 5.91 Å². The molecule has 44 heavy (non-hydrogen) atoms. The maximum absolute atomic E-state index is 12.0. The van der Waals surface area contributed by atoms with E-state index in [2.05, 4.69) is 49.9 Å². The molecule has 0 aliphatic carbocycles. The minimum absolute atomic E-state index is 0.00453. The van der Waals surface area contributed by atoms with Crippen LogP contribution >= 0.6 is 0 Å². The number of carboxylic acid groups (broad SMARTS) is 1. The minimum Gasteiger partial charge on any atom is -0.480 e. The highest BCUT2D eigenvalue weighted by atomic mass is 16.6. The van der Waals surface area contributed by atoms with Crippen LogP contribution in [0, 0.1) is 12.8 Å². The molecule has 1 aromatic carbocycles. The highest BCUT2D eigenvalue weighted by molar-refractivity contribution is 5.87. The lowest BCUT2D eigenvalue weighted by Crippen LogP contribution is -2.46. The highest BCUT2D eigenvalue weighted by Crippen LogP contribution is 2.18. The van der Waals surface area contributed by atoms with Crippen LogP contribution in [0.5, 0.6) is 0 Å². The minimum atomic E-state index is -1.01. The Hall–Kier alpha value is -4.21. The molecule has 3 heterocycles. The Morgan fingerprint density at radius 3 is 2.23 bits per heavy atom. The van der Waals surface area contributed by atoms with Gasteiger partial charge in [0.25, 0.3) is 0 Å². The van der Waals surface area contributed by atoms with E-state index in [4.69, 9.17) is 9.84 Å². The molecule has 2 amide bonds. The molecule has 242 valence electrons. The van der Waals surface area contributed by atoms with Crippen molar-refractivity contribution in [1.29, 1.82) is 0 Å². The molecule has 1 unspecified atom stereocenters. The number of alkyl carbamates (subject to hydrolysis) is 1. The second-order valence-electron chi connectivity index (χ2n) is 12.1. The number of pyridine rings is 2. The van der Waals surface area contributed by atoms with Crippen molar-refractivity contribution in [2.45, 2.75) is 93.2 Å². The summed E-state index contributed by atoms with van der Waals surface area (Å²) in [5.41, 5.74) is 2.68. The molecule has 0 radical (unpaired) electrons. The number of ether oxygens (including phenoxy) is 1. The third-order valence-corrected chi connectivity index (χ3v) is 5.55. The van der Waals surface area contributed by atoms with Gasteiger partial charge < -0.3 is 25.0 Å². The van der Waals surface area contributed by atoms with E-state index >= 15 is 0 Å². The molecule has 0 saturated carbocycles. The number of likely N-dealkylation sites (tertiary alicyclic amines) is 1. The normalized spacial score (nSPS) is 13.9. The fraction of sp³-hybridized carbons (Fsp3) is 0.500. The van der Waals surface area contributed by atoms with Gasteiger partial charge in [-0.2, -0.15) is 0 Å². The van der Waals surface area contributed by atoms with Crippen LogP contribution in [-0.2, 0) is 14.3 Å². The van der Waals surface area contributed by atoms with Crippen molar-refractivity contribution in [2.24, 2.45) is 5.92 Å². The molecule has 4 rings (SSSR count). The topological polar surface area (TPSA) is 142 Å². The van der Waals surface area contributed by atoms with Crippen molar-refractivity contribution in [1.82, 2.24) is 20.2 Å². The van der Waals surface area contributed by atoms with Crippen LogP contribution in [0.2, 0.25) is 0 Å². The number of aryl methyl sites for hydroxylation is 1. The molecule has 2 aromatic heterocycles. The van der Waals surface area contributed by atoms with Crippen LogP contribution in [0.1, 0.15) is 80.3 Å². The molecule has 3 N–H and O–H groups in total. The van der Waals surface area contributed by atoms with Gasteiger partial charge in [0.15, 0.2) is 5.43 Å². The number of carbonyl (C=O) groups is 3. The van der Waals surface area contributed by atoms with Crippen molar-refractivity contribution in [3.8, 4) is 11.3 Å². The summed E-state index contributed by atoms with van der Waals surface area (Å²) in [5, 5.41) is 11.9. The quantitative estimate of drug-likeness (QED) is 0.304. The Balaban J connectivity index is 0.000000364. The van der Waals surface area contributed by atoms with Crippen LogP contribution in [0.25, 0.3) is 22.3 Å². The number of aromatic nitrogens is 2. The zero-order valence-electron chi connectivity index (χ0n) is 27.7. The van der Waals surface area contributed by atoms with Crippen molar-refractivity contribution >= 4 is 29.0 Å². The van der Waals surface area contributed by atoms with Crippen LogP contribution in [-0.4, -0.2) is 62.7 Å². The lowest BCUT2D eigenvalue weighted by molar-refractivity contribution is -0.147. The molecule has 0 spiro atoms. The third kappa shape index (κ3) is 13.8. The first-order chi connectivity index (χ1) is 20.6. The van der Waals surface area contributed by atoms with E-state index in [0.29, 0.717) is 30.4 Å². The highest BCUT2D eigenvalue weighted by Gasteiger charge is 2.33. The van der Waals surface area contributed by atoms with Gasteiger partial charge in [-0.25, -0.2) is 14.6 Å². The number of benzene rings is 1. The number of nitrogens with zero attached hydrogens (tertiary/aromatic N) is 2. The Morgan fingerprint density at radius 2 is 1.68 bits per heavy atom. The van der Waals surface area contributed by atoms with Crippen LogP contribution in [0.15, 0.2) is 53.3 Å². The number of hydrogen-bond donors (Lipinski definition) is 3. The number of carbonyl (C=O) groups excluding carboxylic acids is 2. The van der Waals surface area contributed by atoms with Crippen molar-refractivity contribution in [2.75, 3.05) is 13.1 Å². The summed E-state index contributed by atoms with van der Waals surface area (Å²) < 4.78 is 4.99. The number of hydrogen-bond acceptors (Lipinski definition) is 6. The number of aromatic amines is 1. The number of rotatable bonds is 4. The Morgan fingerprint density at radius 1 is 1.09 bits per heavy atom. The summed E-state index contributed by atoms with van der Waals surface area (Å²) in [6, 6.07) is 14.3. The van der Waals surface area contributed by atoms with Crippen molar-refractivity contribution in [3.05, 3.63) is 64.4 Å². The van der Waals surface area contributed by atoms with E-state index in [0.717, 1.165) is 22.9 Å². The van der Waals surface area contributed by atoms with Crippen LogP contribution in [0.4, 0.5) is 4.79 Å². The number of carboxylic acids is 1. The standard InChI is InChI=1S/C15H12N2O.C12H20N2O5.C4H10.C3H8/c1-10-7-8-12-14(18)9-13(17-15(12)16-10)11-5-3-2-4-6-11;1-12(2,3)19-11(18)13-7-9(15)14-6-4-5-8(14)10(16)17;1-4(2)3;1-3-2/h2-9H,1H3,(H,16,17,18);8H,4-7H2,1-3H3,(H,13,18)(H,16,17);4H,1-3H3;3H2,1-2H3. The van der Waals surface area contributed by atoms with Gasteiger partial charge in [0.1, 0.15) is 23.8 Å². The SMILES string of the molecule is CC(C)(C)OC(=O)NCC(=O)N1CCCC1C(=O)O.CC(C)C.CCC.Cc1ccc2c(=O)cc(-c3ccccc3)[nH]c2n1. The van der Waals surface area contributed by atoms with Gasteiger partial charge in [-0.05, 0) is 64.2 Å². The monoisotopic (exact) mass is 610 g/mol. The van der Waals surface area contributed by atoms with E-state index in [-0.39, 0.29) is 12.0 Å². The maximum atomic E-state index is 12.0. The largest absolute Gasteiger partial charge is 0.480 e. The zero-order valence-corrected chi connectivity index (χ0v) is 27.7. The third-order valence-electron chi connectivity index (χ3n) is 5.55. The van der Waals surface area contributed by atoms with E-state index in [1.807, 2.05) is 49.4 Å². The summed E-state index contributed by atoms with van der Waals surface area (Å²) in [6.45, 7) is 18.0. The van der Waals surface area contributed by atoms with Crippen molar-refractivity contribution in [3.63, 3.8) is 0 Å². The molecule has 10 nitrogen and oxygen atoms in total. The number of amides is 2. The molecular weight excluding hydrogens is 560 g/mol. The molecule has 10 heteroatoms. The maximum Gasteiger partial charge on any atom is 0.408 e. The Labute approximate surface area is 261 Å². The van der Waals surface area contributed by atoms with Gasteiger partial charge in [0, 0.05) is 18.3 Å². The molecule has 1 fully saturated rings. The van der Waals surface area contributed by atoms with Crippen molar-refractivity contribution < 1.29 is 24.2 Å². The first-order valence-corrected chi connectivity index (χ1v) is 15.1. The van der Waals surface area contributed by atoms with E-state index in [9.17, 15) is 19.2 Å². The molecule has 1 saturated heterocycles. The van der Waals surface area contributed by atoms with Crippen LogP contribution in [0.3, 0.4) is 0 Å². The Kier molecular flexibility index (Phi) is 15.9. The van der Waals surface area contributed by atoms with Gasteiger partial charge in [-0.1, -0.05) is 71.4 Å². The summed E-state index contributed by atoms with van der Waals surface area (Å²) in [4.78, 5) is 55.0. The summed E-state index contributed by atoms with van der Waals surface area (Å²) in [5.74, 6) is -0.584. The second kappa shape index (κ2) is 18.5. The fourth-order valence-electron chi connectivity index (χ4n) is 3.88. The van der Waals surface area contributed by atoms with E-state index in [1.165, 1.54) is 11.3 Å². The lowest BCUT2D eigenvalue weighted by Gasteiger charge is -2.23. The Bertz CT molecular complexity index is 1390. The first-order valence-electron chi connectivity index (χ1n) is 15.1. The van der Waals surface area contributed by atoms with E-state index < -0.39 is 29.6 Å². The molecule has 3 aromatic rings. The molecule has 1 atom stereocenters.